The Morgan fingerprint density at radius 2 is 2.00 bits per heavy atom. The maximum absolute atomic E-state index is 5.93. The van der Waals surface area contributed by atoms with Crippen molar-refractivity contribution in [1.82, 2.24) is 4.90 Å². The highest BCUT2D eigenvalue weighted by Gasteiger charge is 2.17. The second-order valence-corrected chi connectivity index (χ2v) is 4.44. The van der Waals surface area contributed by atoms with Crippen molar-refractivity contribution >= 4 is 5.84 Å². The van der Waals surface area contributed by atoms with Gasteiger partial charge in [-0.3, -0.25) is 4.99 Å². The second kappa shape index (κ2) is 6.02. The Morgan fingerprint density at radius 1 is 1.36 bits per heavy atom. The SMILES string of the molecule is CN(C)CCCN=C(N)C1CCCC1. The zero-order valence-electron chi connectivity index (χ0n) is 9.50. The molecule has 1 fully saturated rings. The van der Waals surface area contributed by atoms with Gasteiger partial charge >= 0.3 is 0 Å². The van der Waals surface area contributed by atoms with E-state index in [0.717, 1.165) is 25.3 Å². The van der Waals surface area contributed by atoms with Gasteiger partial charge in [-0.2, -0.15) is 0 Å². The lowest BCUT2D eigenvalue weighted by Gasteiger charge is -2.09. The van der Waals surface area contributed by atoms with Crippen LogP contribution in [0.3, 0.4) is 0 Å². The highest BCUT2D eigenvalue weighted by atomic mass is 15.0. The van der Waals surface area contributed by atoms with Gasteiger partial charge in [0.1, 0.15) is 0 Å². The van der Waals surface area contributed by atoms with Crippen LogP contribution < -0.4 is 5.73 Å². The van der Waals surface area contributed by atoms with Gasteiger partial charge in [0.05, 0.1) is 5.84 Å². The molecule has 3 nitrogen and oxygen atoms in total. The van der Waals surface area contributed by atoms with Gasteiger partial charge in [0.15, 0.2) is 0 Å². The monoisotopic (exact) mass is 197 g/mol. The normalized spacial score (nSPS) is 19.5. The number of rotatable bonds is 5. The molecule has 0 aromatic rings. The molecular formula is C11H23N3. The summed E-state index contributed by atoms with van der Waals surface area (Å²) in [5, 5.41) is 0. The van der Waals surface area contributed by atoms with E-state index in [1.165, 1.54) is 25.7 Å². The van der Waals surface area contributed by atoms with Crippen molar-refractivity contribution in [2.45, 2.75) is 32.1 Å². The third kappa shape index (κ3) is 4.09. The molecule has 14 heavy (non-hydrogen) atoms. The molecule has 0 radical (unpaired) electrons. The summed E-state index contributed by atoms with van der Waals surface area (Å²) in [6, 6.07) is 0. The Balaban J connectivity index is 2.15. The first kappa shape index (κ1) is 11.5. The number of nitrogens with zero attached hydrogens (tertiary/aromatic N) is 2. The van der Waals surface area contributed by atoms with Gasteiger partial charge < -0.3 is 10.6 Å². The van der Waals surface area contributed by atoms with E-state index in [1.807, 2.05) is 0 Å². The molecule has 0 spiro atoms. The maximum atomic E-state index is 5.93. The average Bonchev–Trinajstić information content (AvgIpc) is 2.64. The summed E-state index contributed by atoms with van der Waals surface area (Å²) in [5.41, 5.74) is 5.93. The van der Waals surface area contributed by atoms with Crippen molar-refractivity contribution in [3.8, 4) is 0 Å². The van der Waals surface area contributed by atoms with Crippen LogP contribution in [0.1, 0.15) is 32.1 Å². The van der Waals surface area contributed by atoms with E-state index in [9.17, 15) is 0 Å². The van der Waals surface area contributed by atoms with E-state index in [2.05, 4.69) is 24.0 Å². The average molecular weight is 197 g/mol. The minimum Gasteiger partial charge on any atom is -0.387 e. The molecule has 0 unspecified atom stereocenters. The molecule has 0 aliphatic heterocycles. The predicted octanol–water partition coefficient (Wildman–Crippen LogP) is 1.49. The quantitative estimate of drug-likeness (QED) is 0.412. The van der Waals surface area contributed by atoms with Gasteiger partial charge in [0.2, 0.25) is 0 Å². The van der Waals surface area contributed by atoms with Gasteiger partial charge in [-0.25, -0.2) is 0 Å². The standard InChI is InChI=1S/C11H23N3/c1-14(2)9-5-8-13-11(12)10-6-3-4-7-10/h10H,3-9H2,1-2H3,(H2,12,13). The molecule has 1 saturated carbocycles. The van der Waals surface area contributed by atoms with Crippen LogP contribution in [-0.4, -0.2) is 37.9 Å². The smallest absolute Gasteiger partial charge is 0.0968 e. The van der Waals surface area contributed by atoms with Crippen LogP contribution in [-0.2, 0) is 0 Å². The van der Waals surface area contributed by atoms with Crippen molar-refractivity contribution < 1.29 is 0 Å². The third-order valence-corrected chi connectivity index (χ3v) is 2.83. The summed E-state index contributed by atoms with van der Waals surface area (Å²) < 4.78 is 0. The topological polar surface area (TPSA) is 41.6 Å². The van der Waals surface area contributed by atoms with E-state index in [0.29, 0.717) is 5.92 Å². The van der Waals surface area contributed by atoms with Gasteiger partial charge in [-0.1, -0.05) is 12.8 Å². The summed E-state index contributed by atoms with van der Waals surface area (Å²) in [6.07, 6.45) is 6.28. The van der Waals surface area contributed by atoms with Crippen LogP contribution in [0.2, 0.25) is 0 Å². The highest BCUT2D eigenvalue weighted by molar-refractivity contribution is 5.83. The zero-order valence-corrected chi connectivity index (χ0v) is 9.50. The van der Waals surface area contributed by atoms with Crippen LogP contribution in [0.5, 0.6) is 0 Å². The summed E-state index contributed by atoms with van der Waals surface area (Å²) >= 11 is 0. The number of hydrogen-bond acceptors (Lipinski definition) is 2. The van der Waals surface area contributed by atoms with E-state index in [1.54, 1.807) is 0 Å². The molecule has 0 bridgehead atoms. The Labute approximate surface area is 87.4 Å². The van der Waals surface area contributed by atoms with Crippen LogP contribution in [0.15, 0.2) is 4.99 Å². The van der Waals surface area contributed by atoms with Gasteiger partial charge in [-0.05, 0) is 39.9 Å². The molecule has 0 saturated heterocycles. The lowest BCUT2D eigenvalue weighted by Crippen LogP contribution is -2.22. The Bertz CT molecular complexity index is 181. The summed E-state index contributed by atoms with van der Waals surface area (Å²) in [5.74, 6) is 1.50. The van der Waals surface area contributed by atoms with Gasteiger partial charge in [-0.15, -0.1) is 0 Å². The molecule has 1 aliphatic carbocycles. The molecule has 0 aromatic carbocycles. The van der Waals surface area contributed by atoms with Crippen molar-refractivity contribution in [2.75, 3.05) is 27.2 Å². The van der Waals surface area contributed by atoms with E-state index < -0.39 is 0 Å². The largest absolute Gasteiger partial charge is 0.387 e. The molecule has 3 heteroatoms. The Kier molecular flexibility index (Phi) is 4.94. The van der Waals surface area contributed by atoms with Crippen molar-refractivity contribution in [3.05, 3.63) is 0 Å². The fraction of sp³-hybridized carbons (Fsp3) is 0.909. The van der Waals surface area contributed by atoms with Crippen molar-refractivity contribution in [3.63, 3.8) is 0 Å². The maximum Gasteiger partial charge on any atom is 0.0968 e. The fourth-order valence-electron chi connectivity index (χ4n) is 1.95. The van der Waals surface area contributed by atoms with Crippen LogP contribution in [0, 0.1) is 5.92 Å². The van der Waals surface area contributed by atoms with Gasteiger partial charge in [0.25, 0.3) is 0 Å². The fourth-order valence-corrected chi connectivity index (χ4v) is 1.95. The lowest BCUT2D eigenvalue weighted by atomic mass is 10.1. The first-order valence-electron chi connectivity index (χ1n) is 5.64. The molecule has 2 N–H and O–H groups in total. The summed E-state index contributed by atoms with van der Waals surface area (Å²) in [7, 11) is 4.17. The van der Waals surface area contributed by atoms with Gasteiger partial charge in [0, 0.05) is 12.5 Å². The molecule has 0 atom stereocenters. The van der Waals surface area contributed by atoms with E-state index in [4.69, 9.17) is 5.73 Å². The molecular weight excluding hydrogens is 174 g/mol. The molecule has 1 rings (SSSR count). The van der Waals surface area contributed by atoms with Crippen molar-refractivity contribution in [2.24, 2.45) is 16.6 Å². The summed E-state index contributed by atoms with van der Waals surface area (Å²) in [6.45, 7) is 1.99. The zero-order chi connectivity index (χ0) is 10.4. The van der Waals surface area contributed by atoms with Crippen LogP contribution in [0.4, 0.5) is 0 Å². The predicted molar refractivity (Wildman–Crippen MR) is 61.6 cm³/mol. The molecule has 1 aliphatic rings. The first-order valence-corrected chi connectivity index (χ1v) is 5.64. The van der Waals surface area contributed by atoms with E-state index in [-0.39, 0.29) is 0 Å². The number of hydrogen-bond donors (Lipinski definition) is 1. The Morgan fingerprint density at radius 3 is 2.57 bits per heavy atom. The molecule has 0 amide bonds. The van der Waals surface area contributed by atoms with Crippen molar-refractivity contribution in [1.29, 1.82) is 0 Å². The first-order chi connectivity index (χ1) is 6.70. The number of amidine groups is 1. The minimum atomic E-state index is 0.592. The van der Waals surface area contributed by atoms with Crippen LogP contribution >= 0.6 is 0 Å². The number of aliphatic imine (C=N–C) groups is 1. The number of nitrogens with two attached hydrogens (primary N) is 1. The molecule has 82 valence electrons. The molecule has 0 aromatic heterocycles. The third-order valence-electron chi connectivity index (χ3n) is 2.83. The summed E-state index contributed by atoms with van der Waals surface area (Å²) in [4.78, 5) is 6.63. The Hall–Kier alpha value is -0.570. The highest BCUT2D eigenvalue weighted by Crippen LogP contribution is 2.24. The lowest BCUT2D eigenvalue weighted by molar-refractivity contribution is 0.403. The van der Waals surface area contributed by atoms with E-state index >= 15 is 0 Å². The molecule has 0 heterocycles. The minimum absolute atomic E-state index is 0.592. The van der Waals surface area contributed by atoms with Crippen LogP contribution in [0.25, 0.3) is 0 Å². The second-order valence-electron chi connectivity index (χ2n) is 4.44.